The van der Waals surface area contributed by atoms with E-state index in [1.54, 1.807) is 6.08 Å². The molecule has 1 aliphatic rings. The SMILES string of the molecule is CC/C=C/C=C/C=C/C=C\CCCCCCC(O)C(=O)NC(COC1OC(CO)C(O)C(O)C1OC(=O)CCCCCC/C=C/C/C=C/C/C=C/CC)C(O)/C=C/CCCCCCCCCCCC. The van der Waals surface area contributed by atoms with E-state index in [0.29, 0.717) is 12.8 Å². The van der Waals surface area contributed by atoms with Crippen molar-refractivity contribution in [1.82, 2.24) is 5.32 Å². The number of aliphatic hydroxyl groups excluding tert-OH is 5. The van der Waals surface area contributed by atoms with E-state index in [1.807, 2.05) is 42.5 Å². The lowest BCUT2D eigenvalue weighted by Crippen LogP contribution is -2.61. The van der Waals surface area contributed by atoms with E-state index in [9.17, 15) is 35.1 Å². The maximum Gasteiger partial charge on any atom is 0.306 e. The first-order valence-corrected chi connectivity index (χ1v) is 27.1. The van der Waals surface area contributed by atoms with Crippen molar-refractivity contribution in [3.8, 4) is 0 Å². The molecule has 1 rings (SSSR count). The monoisotopic (exact) mass is 968 g/mol. The Morgan fingerprint density at radius 2 is 1.12 bits per heavy atom. The molecule has 1 heterocycles. The third-order valence-corrected chi connectivity index (χ3v) is 12.1. The highest BCUT2D eigenvalue weighted by Gasteiger charge is 2.47. The Morgan fingerprint density at radius 3 is 1.74 bits per heavy atom. The number of carbonyl (C=O) groups is 2. The summed E-state index contributed by atoms with van der Waals surface area (Å²) in [7, 11) is 0. The average Bonchev–Trinajstić information content (AvgIpc) is 3.34. The number of allylic oxidation sites excluding steroid dienone is 15. The van der Waals surface area contributed by atoms with Gasteiger partial charge in [-0.2, -0.15) is 0 Å². The summed E-state index contributed by atoms with van der Waals surface area (Å²) in [6.07, 6.45) is 48.8. The number of carbonyl (C=O) groups excluding carboxylic acids is 2. The lowest BCUT2D eigenvalue weighted by atomic mass is 9.99. The van der Waals surface area contributed by atoms with Crippen molar-refractivity contribution in [1.29, 1.82) is 0 Å². The zero-order valence-corrected chi connectivity index (χ0v) is 43.1. The van der Waals surface area contributed by atoms with Gasteiger partial charge < -0.3 is 45.1 Å². The van der Waals surface area contributed by atoms with Gasteiger partial charge in [-0.05, 0) is 77.0 Å². The van der Waals surface area contributed by atoms with Crippen LogP contribution in [-0.2, 0) is 23.8 Å². The third-order valence-electron chi connectivity index (χ3n) is 12.1. The van der Waals surface area contributed by atoms with E-state index in [4.69, 9.17) is 14.2 Å². The normalized spacial score (nSPS) is 20.6. The molecule has 1 saturated heterocycles. The quantitative estimate of drug-likeness (QED) is 0.0149. The molecule has 0 spiro atoms. The van der Waals surface area contributed by atoms with Crippen LogP contribution in [0.15, 0.2) is 97.2 Å². The Morgan fingerprint density at radius 1 is 0.594 bits per heavy atom. The summed E-state index contributed by atoms with van der Waals surface area (Å²) in [5, 5.41) is 56.7. The van der Waals surface area contributed by atoms with Gasteiger partial charge in [0.2, 0.25) is 5.91 Å². The fourth-order valence-corrected chi connectivity index (χ4v) is 7.79. The summed E-state index contributed by atoms with van der Waals surface area (Å²) in [5.41, 5.74) is 0. The molecular formula is C58H97NO10. The van der Waals surface area contributed by atoms with Crippen molar-refractivity contribution in [2.75, 3.05) is 13.2 Å². The number of nitrogens with one attached hydrogen (secondary N) is 1. The van der Waals surface area contributed by atoms with Crippen LogP contribution in [0.3, 0.4) is 0 Å². The van der Waals surface area contributed by atoms with E-state index in [2.05, 4.69) is 74.7 Å². The van der Waals surface area contributed by atoms with Gasteiger partial charge in [-0.3, -0.25) is 9.59 Å². The number of unbranched alkanes of at least 4 members (excludes halogenated alkanes) is 18. The molecule has 0 aromatic carbocycles. The second-order valence-electron chi connectivity index (χ2n) is 18.3. The number of hydrogen-bond donors (Lipinski definition) is 6. The topological polar surface area (TPSA) is 175 Å². The highest BCUT2D eigenvalue weighted by molar-refractivity contribution is 5.80. The van der Waals surface area contributed by atoms with E-state index < -0.39 is 67.4 Å². The molecule has 1 fully saturated rings. The molecule has 0 bridgehead atoms. The molecule has 6 N–H and O–H groups in total. The van der Waals surface area contributed by atoms with Gasteiger partial charge in [0.25, 0.3) is 0 Å². The van der Waals surface area contributed by atoms with Crippen LogP contribution in [0.5, 0.6) is 0 Å². The van der Waals surface area contributed by atoms with Gasteiger partial charge in [-0.15, -0.1) is 0 Å². The maximum absolute atomic E-state index is 13.3. The van der Waals surface area contributed by atoms with Crippen molar-refractivity contribution < 1.29 is 49.3 Å². The molecule has 1 amide bonds. The Kier molecular flexibility index (Phi) is 42.1. The molecule has 0 radical (unpaired) electrons. The van der Waals surface area contributed by atoms with Crippen LogP contribution >= 0.6 is 0 Å². The highest BCUT2D eigenvalue weighted by atomic mass is 16.7. The number of amides is 1. The number of hydrogen-bond acceptors (Lipinski definition) is 10. The van der Waals surface area contributed by atoms with Gasteiger partial charge in [-0.1, -0.05) is 208 Å². The van der Waals surface area contributed by atoms with Crippen LogP contribution in [0.1, 0.15) is 194 Å². The predicted molar refractivity (Wildman–Crippen MR) is 282 cm³/mol. The average molecular weight is 968 g/mol. The largest absolute Gasteiger partial charge is 0.454 e. The van der Waals surface area contributed by atoms with E-state index in [-0.39, 0.29) is 19.4 Å². The summed E-state index contributed by atoms with van der Waals surface area (Å²) in [4.78, 5) is 26.4. The summed E-state index contributed by atoms with van der Waals surface area (Å²) < 4.78 is 17.5. The van der Waals surface area contributed by atoms with Gasteiger partial charge >= 0.3 is 5.97 Å². The highest BCUT2D eigenvalue weighted by Crippen LogP contribution is 2.26. The summed E-state index contributed by atoms with van der Waals surface area (Å²) in [6.45, 7) is 5.47. The van der Waals surface area contributed by atoms with Crippen molar-refractivity contribution in [2.24, 2.45) is 0 Å². The van der Waals surface area contributed by atoms with Crippen molar-refractivity contribution in [3.63, 3.8) is 0 Å². The molecule has 11 nitrogen and oxygen atoms in total. The van der Waals surface area contributed by atoms with E-state index in [1.165, 1.54) is 44.9 Å². The van der Waals surface area contributed by atoms with E-state index >= 15 is 0 Å². The Labute approximate surface area is 418 Å². The van der Waals surface area contributed by atoms with Gasteiger partial charge in [0, 0.05) is 6.42 Å². The zero-order chi connectivity index (χ0) is 50.4. The predicted octanol–water partition coefficient (Wildman–Crippen LogP) is 11.6. The molecular weight excluding hydrogens is 871 g/mol. The second-order valence-corrected chi connectivity index (χ2v) is 18.3. The Hall–Kier alpha value is -3.42. The Balaban J connectivity index is 2.81. The van der Waals surface area contributed by atoms with Crippen molar-refractivity contribution in [3.05, 3.63) is 97.2 Å². The molecule has 0 aromatic rings. The maximum atomic E-state index is 13.3. The lowest BCUT2D eigenvalue weighted by molar-refractivity contribution is -0.305. The lowest BCUT2D eigenvalue weighted by Gasteiger charge is -2.41. The van der Waals surface area contributed by atoms with Crippen molar-refractivity contribution in [2.45, 2.75) is 243 Å². The van der Waals surface area contributed by atoms with Crippen LogP contribution in [0, 0.1) is 0 Å². The minimum absolute atomic E-state index is 0.0893. The minimum atomic E-state index is -1.63. The number of rotatable bonds is 43. The fourth-order valence-electron chi connectivity index (χ4n) is 7.79. The first kappa shape index (κ1) is 63.6. The summed E-state index contributed by atoms with van der Waals surface area (Å²) in [5.74, 6) is -1.25. The van der Waals surface area contributed by atoms with Gasteiger partial charge in [0.15, 0.2) is 12.4 Å². The minimum Gasteiger partial charge on any atom is -0.454 e. The second kappa shape index (κ2) is 45.7. The van der Waals surface area contributed by atoms with Crippen LogP contribution in [-0.4, -0.2) is 99.6 Å². The molecule has 394 valence electrons. The number of aliphatic hydroxyl groups is 5. The van der Waals surface area contributed by atoms with Gasteiger partial charge in [0.1, 0.15) is 24.4 Å². The van der Waals surface area contributed by atoms with Gasteiger partial charge in [-0.25, -0.2) is 0 Å². The zero-order valence-electron chi connectivity index (χ0n) is 43.1. The van der Waals surface area contributed by atoms with Gasteiger partial charge in [0.05, 0.1) is 25.4 Å². The molecule has 8 unspecified atom stereocenters. The molecule has 0 aromatic heterocycles. The fraction of sp³-hybridized carbons (Fsp3) is 0.690. The summed E-state index contributed by atoms with van der Waals surface area (Å²) in [6, 6.07) is -1.05. The molecule has 8 atom stereocenters. The van der Waals surface area contributed by atoms with Crippen LogP contribution in [0.2, 0.25) is 0 Å². The third kappa shape index (κ3) is 34.5. The molecule has 11 heteroatoms. The summed E-state index contributed by atoms with van der Waals surface area (Å²) >= 11 is 0. The smallest absolute Gasteiger partial charge is 0.306 e. The Bertz CT molecular complexity index is 1480. The molecule has 0 aliphatic carbocycles. The standard InChI is InChI=1S/C58H97NO10/c1-4-7-10-13-16-19-22-25-27-30-33-36-39-42-45-51(62)57(66)59-49(50(61)44-41-38-35-32-29-24-21-18-15-12-9-6-3)48-67-58-56(55(65)54(64)52(47-60)68-58)69-53(63)46-43-40-37-34-31-28-26-23-20-17-14-11-8-5-2/h7-8,10-11,13,16-17,19-20,22,25-28,41,44,49-52,54-56,58,60-62,64-65H,4-6,9,12,14-15,18,21,23-24,29-40,42-43,45-48H2,1-3H3,(H,59,66)/b10-7+,11-8+,16-13+,20-17+,22-19+,27-25-,28-26+,44-41+. The molecule has 1 aliphatic heterocycles. The van der Waals surface area contributed by atoms with E-state index in [0.717, 1.165) is 103 Å². The first-order valence-electron chi connectivity index (χ1n) is 27.1. The molecule has 69 heavy (non-hydrogen) atoms. The van der Waals surface area contributed by atoms with Crippen LogP contribution in [0.25, 0.3) is 0 Å². The first-order chi connectivity index (χ1) is 33.7. The number of esters is 1. The molecule has 0 saturated carbocycles. The van der Waals surface area contributed by atoms with Crippen molar-refractivity contribution >= 4 is 11.9 Å². The van der Waals surface area contributed by atoms with Crippen LogP contribution < -0.4 is 5.32 Å². The van der Waals surface area contributed by atoms with Crippen LogP contribution in [0.4, 0.5) is 0 Å². The number of ether oxygens (including phenoxy) is 3.